The molecule has 0 spiro atoms. The van der Waals surface area contributed by atoms with Gasteiger partial charge >= 0.3 is 6.09 Å². The molecule has 0 aromatic heterocycles. The van der Waals surface area contributed by atoms with Gasteiger partial charge in [-0.3, -0.25) is 29.4 Å². The van der Waals surface area contributed by atoms with Gasteiger partial charge in [0, 0.05) is 31.6 Å². The van der Waals surface area contributed by atoms with Crippen LogP contribution in [-0.2, 0) is 14.3 Å². The van der Waals surface area contributed by atoms with Crippen molar-refractivity contribution in [3.05, 3.63) is 29.1 Å². The first-order chi connectivity index (χ1) is 16.4. The molecule has 10 nitrogen and oxygen atoms in total. The van der Waals surface area contributed by atoms with Crippen molar-refractivity contribution < 1.29 is 33.1 Å². The molecule has 11 heteroatoms. The summed E-state index contributed by atoms with van der Waals surface area (Å²) in [5.41, 5.74) is -0.488. The normalized spacial score (nSPS) is 26.3. The highest BCUT2D eigenvalue weighted by molar-refractivity contribution is 6.23. The Bertz CT molecular complexity index is 1150. The minimum absolute atomic E-state index is 0.00864. The monoisotopic (exact) mass is 486 g/mol. The molecule has 1 aromatic rings. The van der Waals surface area contributed by atoms with Crippen molar-refractivity contribution in [3.8, 4) is 0 Å². The number of piperidine rings is 1. The minimum atomic E-state index is -1.11. The Balaban J connectivity index is 1.40. The smallest absolute Gasteiger partial charge is 0.410 e. The summed E-state index contributed by atoms with van der Waals surface area (Å²) >= 11 is 0. The van der Waals surface area contributed by atoms with Crippen molar-refractivity contribution >= 4 is 35.4 Å². The van der Waals surface area contributed by atoms with E-state index in [4.69, 9.17) is 4.74 Å². The highest BCUT2D eigenvalue weighted by atomic mass is 19.1. The zero-order valence-corrected chi connectivity index (χ0v) is 19.8. The van der Waals surface area contributed by atoms with Gasteiger partial charge in [0.1, 0.15) is 17.5 Å². The molecule has 5 amide bonds. The lowest BCUT2D eigenvalue weighted by Crippen LogP contribution is -2.56. The average Bonchev–Trinajstić information content (AvgIpc) is 3.14. The summed E-state index contributed by atoms with van der Waals surface area (Å²) in [6.45, 7) is 6.11. The van der Waals surface area contributed by atoms with Crippen LogP contribution in [0.2, 0.25) is 0 Å². The van der Waals surface area contributed by atoms with Crippen molar-refractivity contribution in [1.29, 1.82) is 0 Å². The zero-order chi connectivity index (χ0) is 25.2. The standard InChI is InChI=1S/C24H27FN4O6/c1-24(2,3)35-23(34)27-10-12-4-5-13(11-27)28(12)18-9-15-14(8-16(18)25)21(32)29(22(15)33)17-6-7-19(30)26-20(17)31/h8-9,12-13,17H,4-7,10-11H2,1-3H3,(H,26,30,31). The van der Waals surface area contributed by atoms with Crippen LogP contribution in [-0.4, -0.2) is 76.3 Å². The van der Waals surface area contributed by atoms with E-state index in [1.54, 1.807) is 25.7 Å². The van der Waals surface area contributed by atoms with Gasteiger partial charge in [-0.2, -0.15) is 0 Å². The van der Waals surface area contributed by atoms with Crippen LogP contribution in [0.3, 0.4) is 0 Å². The Kier molecular flexibility index (Phi) is 5.33. The minimum Gasteiger partial charge on any atom is -0.444 e. The molecule has 186 valence electrons. The van der Waals surface area contributed by atoms with Crippen molar-refractivity contribution in [2.24, 2.45) is 0 Å². The summed E-state index contributed by atoms with van der Waals surface area (Å²) in [4.78, 5) is 66.8. The second-order valence-corrected chi connectivity index (χ2v) is 10.5. The number of anilines is 1. The van der Waals surface area contributed by atoms with E-state index in [9.17, 15) is 24.0 Å². The number of nitrogens with one attached hydrogen (secondary N) is 1. The summed E-state index contributed by atoms with van der Waals surface area (Å²) in [7, 11) is 0. The molecule has 0 aliphatic carbocycles. The summed E-state index contributed by atoms with van der Waals surface area (Å²) in [5, 5.41) is 2.15. The van der Waals surface area contributed by atoms with Crippen LogP contribution in [0.5, 0.6) is 0 Å². The number of carbonyl (C=O) groups excluding carboxylic acids is 5. The number of ether oxygens (including phenoxy) is 1. The van der Waals surface area contributed by atoms with E-state index in [0.717, 1.165) is 23.8 Å². The van der Waals surface area contributed by atoms with Crippen LogP contribution >= 0.6 is 0 Å². The van der Waals surface area contributed by atoms with Gasteiger partial charge in [-0.1, -0.05) is 0 Å². The number of piperazine rings is 1. The quantitative estimate of drug-likeness (QED) is 0.634. The lowest BCUT2D eigenvalue weighted by Gasteiger charge is -2.42. The number of carbonyl (C=O) groups is 5. The van der Waals surface area contributed by atoms with Gasteiger partial charge in [0.2, 0.25) is 11.8 Å². The van der Waals surface area contributed by atoms with Crippen LogP contribution < -0.4 is 10.2 Å². The van der Waals surface area contributed by atoms with Crippen LogP contribution in [0.4, 0.5) is 14.9 Å². The van der Waals surface area contributed by atoms with E-state index in [-0.39, 0.29) is 41.7 Å². The number of likely N-dealkylation sites (tertiary alicyclic amines) is 1. The lowest BCUT2D eigenvalue weighted by molar-refractivity contribution is -0.136. The van der Waals surface area contributed by atoms with Gasteiger partial charge in [-0.25, -0.2) is 9.18 Å². The Morgan fingerprint density at radius 2 is 1.60 bits per heavy atom. The number of hydrogen-bond acceptors (Lipinski definition) is 7. The number of amides is 5. The Morgan fingerprint density at radius 1 is 1.00 bits per heavy atom. The van der Waals surface area contributed by atoms with E-state index < -0.39 is 47.2 Å². The van der Waals surface area contributed by atoms with E-state index in [1.165, 1.54) is 6.07 Å². The van der Waals surface area contributed by atoms with Crippen molar-refractivity contribution in [2.45, 2.75) is 70.2 Å². The van der Waals surface area contributed by atoms with E-state index >= 15 is 4.39 Å². The largest absolute Gasteiger partial charge is 0.444 e. The topological polar surface area (TPSA) is 116 Å². The lowest BCUT2D eigenvalue weighted by atomic mass is 10.0. The van der Waals surface area contributed by atoms with E-state index in [0.29, 0.717) is 13.1 Å². The molecule has 0 saturated carbocycles. The molecule has 3 saturated heterocycles. The van der Waals surface area contributed by atoms with E-state index in [2.05, 4.69) is 5.32 Å². The SMILES string of the molecule is CC(C)(C)OC(=O)N1CC2CCC(C1)N2c1cc2c(cc1F)C(=O)N(C1CCC(=O)NC1=O)C2=O. The molecular formula is C24H27FN4O6. The third kappa shape index (κ3) is 3.92. The second kappa shape index (κ2) is 8.03. The molecule has 4 aliphatic rings. The Morgan fingerprint density at radius 3 is 2.17 bits per heavy atom. The molecule has 3 unspecified atom stereocenters. The maximum absolute atomic E-state index is 15.3. The van der Waals surface area contributed by atoms with Crippen LogP contribution in [0.15, 0.2) is 12.1 Å². The first-order valence-corrected chi connectivity index (χ1v) is 11.8. The number of fused-ring (bicyclic) bond motifs is 3. The van der Waals surface area contributed by atoms with Gasteiger partial charge in [0.05, 0.1) is 16.8 Å². The van der Waals surface area contributed by atoms with Crippen molar-refractivity contribution in [1.82, 2.24) is 15.1 Å². The first-order valence-electron chi connectivity index (χ1n) is 11.8. The van der Waals surface area contributed by atoms with E-state index in [1.807, 2.05) is 4.90 Å². The van der Waals surface area contributed by atoms with Crippen LogP contribution in [0, 0.1) is 5.82 Å². The van der Waals surface area contributed by atoms with Gasteiger partial charge in [-0.05, 0) is 52.2 Å². The Hall–Kier alpha value is -3.50. The Labute approximate surface area is 201 Å². The number of halogens is 1. The van der Waals surface area contributed by atoms with Crippen LogP contribution in [0.25, 0.3) is 0 Å². The molecule has 1 N–H and O–H groups in total. The van der Waals surface area contributed by atoms with Gasteiger partial charge in [-0.15, -0.1) is 0 Å². The molecule has 1 aromatic carbocycles. The summed E-state index contributed by atoms with van der Waals surface area (Å²) in [5.74, 6) is -3.24. The maximum atomic E-state index is 15.3. The molecular weight excluding hydrogens is 459 g/mol. The molecule has 0 radical (unpaired) electrons. The number of nitrogens with zero attached hydrogens (tertiary/aromatic N) is 3. The third-order valence-corrected chi connectivity index (χ3v) is 6.92. The van der Waals surface area contributed by atoms with Crippen molar-refractivity contribution in [2.75, 3.05) is 18.0 Å². The summed E-state index contributed by atoms with van der Waals surface area (Å²) in [6, 6.07) is 1.00. The molecule has 5 rings (SSSR count). The van der Waals surface area contributed by atoms with Gasteiger partial charge in [0.25, 0.3) is 11.8 Å². The maximum Gasteiger partial charge on any atom is 0.410 e. The van der Waals surface area contributed by atoms with Gasteiger partial charge < -0.3 is 14.5 Å². The number of hydrogen-bond donors (Lipinski definition) is 1. The zero-order valence-electron chi connectivity index (χ0n) is 19.8. The van der Waals surface area contributed by atoms with Gasteiger partial charge in [0.15, 0.2) is 0 Å². The summed E-state index contributed by atoms with van der Waals surface area (Å²) in [6.07, 6.45) is 1.12. The fourth-order valence-electron chi connectivity index (χ4n) is 5.45. The predicted molar refractivity (Wildman–Crippen MR) is 120 cm³/mol. The number of rotatable bonds is 2. The second-order valence-electron chi connectivity index (χ2n) is 10.5. The predicted octanol–water partition coefficient (Wildman–Crippen LogP) is 1.82. The molecule has 3 atom stereocenters. The fraction of sp³-hybridized carbons (Fsp3) is 0.542. The molecule has 35 heavy (non-hydrogen) atoms. The molecule has 4 heterocycles. The molecule has 3 fully saturated rings. The fourth-order valence-corrected chi connectivity index (χ4v) is 5.45. The first kappa shape index (κ1) is 23.3. The highest BCUT2D eigenvalue weighted by Gasteiger charge is 2.47. The number of imide groups is 2. The molecule has 4 aliphatic heterocycles. The molecule has 2 bridgehead atoms. The van der Waals surface area contributed by atoms with Crippen LogP contribution in [0.1, 0.15) is 67.2 Å². The summed E-state index contributed by atoms with van der Waals surface area (Å²) < 4.78 is 20.8. The average molecular weight is 487 g/mol. The highest BCUT2D eigenvalue weighted by Crippen LogP contribution is 2.39. The number of benzene rings is 1. The third-order valence-electron chi connectivity index (χ3n) is 6.92. The van der Waals surface area contributed by atoms with Crippen molar-refractivity contribution in [3.63, 3.8) is 0 Å².